The minimum atomic E-state index is -0.674. The van der Waals surface area contributed by atoms with E-state index in [9.17, 15) is 13.6 Å². The molecule has 0 N–H and O–H groups in total. The van der Waals surface area contributed by atoms with Crippen LogP contribution in [0.15, 0.2) is 16.6 Å². The van der Waals surface area contributed by atoms with Crippen molar-refractivity contribution < 1.29 is 13.6 Å². The first-order valence-corrected chi connectivity index (χ1v) is 6.58. The van der Waals surface area contributed by atoms with Gasteiger partial charge >= 0.3 is 0 Å². The lowest BCUT2D eigenvalue weighted by molar-refractivity contribution is 0.0940. The lowest BCUT2D eigenvalue weighted by Crippen LogP contribution is -2.10. The van der Waals surface area contributed by atoms with Crippen LogP contribution in [0.1, 0.15) is 38.1 Å². The third kappa shape index (κ3) is 1.73. The zero-order chi connectivity index (χ0) is 13.9. The normalized spacial score (nSPS) is 20.8. The van der Waals surface area contributed by atoms with Crippen LogP contribution in [0.3, 0.4) is 0 Å². The summed E-state index contributed by atoms with van der Waals surface area (Å²) in [5, 5.41) is 0. The average molecular weight is 317 g/mol. The lowest BCUT2D eigenvalue weighted by atomic mass is 10.0. The van der Waals surface area contributed by atoms with Crippen LogP contribution in [0.2, 0.25) is 0 Å². The predicted molar refractivity (Wildman–Crippen MR) is 69.4 cm³/mol. The van der Waals surface area contributed by atoms with Crippen LogP contribution in [0, 0.1) is 28.4 Å². The zero-order valence-corrected chi connectivity index (χ0v) is 12.4. The number of hydrogen-bond donors (Lipinski definition) is 0. The third-order valence-corrected chi connectivity index (χ3v) is 5.17. The van der Waals surface area contributed by atoms with E-state index in [1.807, 2.05) is 27.7 Å². The maximum atomic E-state index is 13.8. The van der Waals surface area contributed by atoms with Gasteiger partial charge in [0.2, 0.25) is 0 Å². The standard InChI is InChI=1S/C14H15BrF2O/c1-13(2)12(14(13,3)4)11(18)7-5-10(17)8(15)6-9(7)16/h5-6,12H,1-4H3. The topological polar surface area (TPSA) is 17.1 Å². The summed E-state index contributed by atoms with van der Waals surface area (Å²) in [6.07, 6.45) is 0. The molecule has 0 unspecified atom stereocenters. The number of halogens is 3. The lowest BCUT2D eigenvalue weighted by Gasteiger charge is -2.05. The van der Waals surface area contributed by atoms with Crippen LogP contribution in [0.4, 0.5) is 8.78 Å². The minimum Gasteiger partial charge on any atom is -0.294 e. The first-order valence-electron chi connectivity index (χ1n) is 5.79. The Labute approximate surface area is 114 Å². The molecule has 1 aliphatic carbocycles. The maximum absolute atomic E-state index is 13.8. The summed E-state index contributed by atoms with van der Waals surface area (Å²) in [5.74, 6) is -1.86. The van der Waals surface area contributed by atoms with Crippen molar-refractivity contribution in [2.45, 2.75) is 27.7 Å². The van der Waals surface area contributed by atoms with Crippen LogP contribution in [0.5, 0.6) is 0 Å². The molecule has 0 aliphatic heterocycles. The molecule has 0 bridgehead atoms. The van der Waals surface area contributed by atoms with E-state index in [0.717, 1.165) is 12.1 Å². The van der Waals surface area contributed by atoms with Gasteiger partial charge in [-0.3, -0.25) is 4.79 Å². The molecule has 1 aliphatic rings. The van der Waals surface area contributed by atoms with E-state index in [2.05, 4.69) is 15.9 Å². The van der Waals surface area contributed by atoms with Gasteiger partial charge in [-0.25, -0.2) is 8.78 Å². The molecular weight excluding hydrogens is 302 g/mol. The van der Waals surface area contributed by atoms with Crippen LogP contribution in [-0.2, 0) is 0 Å². The molecule has 0 atom stereocenters. The highest BCUT2D eigenvalue weighted by Crippen LogP contribution is 2.69. The summed E-state index contributed by atoms with van der Waals surface area (Å²) >= 11 is 2.90. The summed E-state index contributed by atoms with van der Waals surface area (Å²) in [5.41, 5.74) is -0.514. The van der Waals surface area contributed by atoms with Crippen molar-refractivity contribution in [3.63, 3.8) is 0 Å². The Morgan fingerprint density at radius 2 is 1.61 bits per heavy atom. The molecule has 0 radical (unpaired) electrons. The zero-order valence-electron chi connectivity index (χ0n) is 10.8. The minimum absolute atomic E-state index is 0.0332. The molecule has 4 heteroatoms. The summed E-state index contributed by atoms with van der Waals surface area (Å²) in [6.45, 7) is 7.90. The highest BCUT2D eigenvalue weighted by Gasteiger charge is 2.68. The molecule has 0 heterocycles. The summed E-state index contributed by atoms with van der Waals surface area (Å²) in [6, 6.07) is 1.98. The molecule has 1 fully saturated rings. The van der Waals surface area contributed by atoms with Gasteiger partial charge in [0.15, 0.2) is 5.78 Å². The van der Waals surface area contributed by atoms with Crippen molar-refractivity contribution in [1.29, 1.82) is 0 Å². The molecule has 0 saturated heterocycles. The molecule has 1 aromatic carbocycles. The Kier molecular flexibility index (Phi) is 2.93. The SMILES string of the molecule is CC1(C)C(C(=O)c2cc(F)c(Br)cc2F)C1(C)C. The number of Topliss-reactive ketones (excluding diaryl/α,β-unsaturated/α-hetero) is 1. The van der Waals surface area contributed by atoms with Crippen molar-refractivity contribution >= 4 is 21.7 Å². The third-order valence-electron chi connectivity index (χ3n) is 4.56. The maximum Gasteiger partial charge on any atom is 0.170 e. The highest BCUT2D eigenvalue weighted by atomic mass is 79.9. The van der Waals surface area contributed by atoms with Gasteiger partial charge in [0.25, 0.3) is 0 Å². The summed E-state index contributed by atoms with van der Waals surface area (Å²) in [7, 11) is 0. The first kappa shape index (κ1) is 13.7. The summed E-state index contributed by atoms with van der Waals surface area (Å²) < 4.78 is 27.2. The van der Waals surface area contributed by atoms with Gasteiger partial charge in [0.05, 0.1) is 10.0 Å². The fraction of sp³-hybridized carbons (Fsp3) is 0.500. The largest absolute Gasteiger partial charge is 0.294 e. The van der Waals surface area contributed by atoms with Crippen LogP contribution >= 0.6 is 15.9 Å². The van der Waals surface area contributed by atoms with Gasteiger partial charge in [0.1, 0.15) is 11.6 Å². The van der Waals surface area contributed by atoms with Gasteiger partial charge in [-0.15, -0.1) is 0 Å². The Bertz CT molecular complexity index is 521. The molecule has 1 saturated carbocycles. The Morgan fingerprint density at radius 3 is 2.06 bits per heavy atom. The quantitative estimate of drug-likeness (QED) is 0.576. The van der Waals surface area contributed by atoms with E-state index in [0.29, 0.717) is 0 Å². The number of ketones is 1. The monoisotopic (exact) mass is 316 g/mol. The number of carbonyl (C=O) groups excluding carboxylic acids is 1. The number of rotatable bonds is 2. The predicted octanol–water partition coefficient (Wildman–Crippen LogP) is 4.59. The number of hydrogen-bond acceptors (Lipinski definition) is 1. The molecule has 98 valence electrons. The molecule has 1 aromatic rings. The Morgan fingerprint density at radius 1 is 1.11 bits per heavy atom. The fourth-order valence-electron chi connectivity index (χ4n) is 2.72. The van der Waals surface area contributed by atoms with Crippen LogP contribution in [0.25, 0.3) is 0 Å². The van der Waals surface area contributed by atoms with E-state index < -0.39 is 11.6 Å². The van der Waals surface area contributed by atoms with Crippen molar-refractivity contribution in [1.82, 2.24) is 0 Å². The van der Waals surface area contributed by atoms with Gasteiger partial charge in [-0.05, 0) is 38.9 Å². The Balaban J connectivity index is 2.41. The van der Waals surface area contributed by atoms with E-state index in [1.54, 1.807) is 0 Å². The van der Waals surface area contributed by atoms with Crippen LogP contribution < -0.4 is 0 Å². The highest BCUT2D eigenvalue weighted by molar-refractivity contribution is 9.10. The molecule has 1 nitrogen and oxygen atoms in total. The van der Waals surface area contributed by atoms with E-state index in [4.69, 9.17) is 0 Å². The second kappa shape index (κ2) is 3.86. The molecule has 0 spiro atoms. The number of benzene rings is 1. The average Bonchev–Trinajstić information content (AvgIpc) is 2.62. The second-order valence-electron chi connectivity index (χ2n) is 5.99. The van der Waals surface area contributed by atoms with E-state index >= 15 is 0 Å². The summed E-state index contributed by atoms with van der Waals surface area (Å²) in [4.78, 5) is 12.3. The molecule has 2 rings (SSSR count). The van der Waals surface area contributed by atoms with E-state index in [-0.39, 0.29) is 32.6 Å². The first-order chi connectivity index (χ1) is 8.10. The molecule has 0 amide bonds. The van der Waals surface area contributed by atoms with Gasteiger partial charge < -0.3 is 0 Å². The van der Waals surface area contributed by atoms with Crippen molar-refractivity contribution in [3.05, 3.63) is 33.8 Å². The van der Waals surface area contributed by atoms with Crippen molar-refractivity contribution in [2.75, 3.05) is 0 Å². The second-order valence-corrected chi connectivity index (χ2v) is 6.84. The van der Waals surface area contributed by atoms with Crippen molar-refractivity contribution in [3.8, 4) is 0 Å². The van der Waals surface area contributed by atoms with Gasteiger partial charge in [-0.1, -0.05) is 27.7 Å². The molecule has 0 aromatic heterocycles. The number of carbonyl (C=O) groups is 1. The van der Waals surface area contributed by atoms with Gasteiger partial charge in [-0.2, -0.15) is 0 Å². The van der Waals surface area contributed by atoms with E-state index in [1.165, 1.54) is 0 Å². The van der Waals surface area contributed by atoms with Crippen LogP contribution in [-0.4, -0.2) is 5.78 Å². The smallest absolute Gasteiger partial charge is 0.170 e. The molecular formula is C14H15BrF2O. The molecule has 18 heavy (non-hydrogen) atoms. The fourth-order valence-corrected chi connectivity index (χ4v) is 3.03. The Hall–Kier alpha value is -0.770. The van der Waals surface area contributed by atoms with Crippen molar-refractivity contribution in [2.24, 2.45) is 16.7 Å². The van der Waals surface area contributed by atoms with Gasteiger partial charge in [0, 0.05) is 5.92 Å².